The number of rotatable bonds is 4. The van der Waals surface area contributed by atoms with Crippen LogP contribution in [0.4, 0.5) is 18.0 Å². The summed E-state index contributed by atoms with van der Waals surface area (Å²) >= 11 is 0. The largest absolute Gasteiger partial charge is 0.416 e. The Bertz CT molecular complexity index is 761. The summed E-state index contributed by atoms with van der Waals surface area (Å²) in [5.41, 5.74) is 0.0444. The molecule has 0 bridgehead atoms. The molecule has 8 heteroatoms. The molecule has 0 spiro atoms. The molecule has 0 radical (unpaired) electrons. The summed E-state index contributed by atoms with van der Waals surface area (Å²) in [7, 11) is 0. The second-order valence-corrected chi connectivity index (χ2v) is 8.36. The fourth-order valence-corrected chi connectivity index (χ4v) is 4.43. The van der Waals surface area contributed by atoms with Crippen molar-refractivity contribution in [2.24, 2.45) is 5.92 Å². The number of carbonyl (C=O) groups is 2. The zero-order valence-corrected chi connectivity index (χ0v) is 16.3. The van der Waals surface area contributed by atoms with E-state index in [1.807, 2.05) is 4.90 Å². The second-order valence-electron chi connectivity index (χ2n) is 8.36. The lowest BCUT2D eigenvalue weighted by Crippen LogP contribution is -2.46. The Hall–Kier alpha value is -2.25. The third kappa shape index (κ3) is 4.51. The quantitative estimate of drug-likeness (QED) is 0.819. The third-order valence-corrected chi connectivity index (χ3v) is 6.15. The Kier molecular flexibility index (Phi) is 5.44. The summed E-state index contributed by atoms with van der Waals surface area (Å²) in [5.74, 6) is 0.300. The Labute approximate surface area is 168 Å². The molecular formula is C21H26F3N3O2. The van der Waals surface area contributed by atoms with Gasteiger partial charge in [0.25, 0.3) is 0 Å². The number of carbonyl (C=O) groups excluding carboxylic acids is 2. The molecule has 3 fully saturated rings. The Balaban J connectivity index is 1.37. The third-order valence-electron chi connectivity index (χ3n) is 6.15. The van der Waals surface area contributed by atoms with E-state index in [2.05, 4.69) is 5.32 Å². The second kappa shape index (κ2) is 7.88. The lowest BCUT2D eigenvalue weighted by atomic mass is 9.95. The molecule has 0 aromatic heterocycles. The molecule has 3 aliphatic rings. The maximum atomic E-state index is 12.8. The van der Waals surface area contributed by atoms with Crippen molar-refractivity contribution in [3.8, 4) is 0 Å². The van der Waals surface area contributed by atoms with Gasteiger partial charge in [0, 0.05) is 38.0 Å². The van der Waals surface area contributed by atoms with E-state index >= 15 is 0 Å². The highest BCUT2D eigenvalue weighted by Gasteiger charge is 2.39. The first-order valence-electron chi connectivity index (χ1n) is 10.3. The topological polar surface area (TPSA) is 52.7 Å². The molecule has 1 saturated carbocycles. The summed E-state index contributed by atoms with van der Waals surface area (Å²) in [4.78, 5) is 28.5. The van der Waals surface area contributed by atoms with Gasteiger partial charge >= 0.3 is 12.2 Å². The first-order chi connectivity index (χ1) is 13.8. The van der Waals surface area contributed by atoms with E-state index in [9.17, 15) is 22.8 Å². The van der Waals surface area contributed by atoms with Crippen molar-refractivity contribution in [3.63, 3.8) is 0 Å². The zero-order valence-electron chi connectivity index (χ0n) is 16.3. The molecule has 5 nitrogen and oxygen atoms in total. The van der Waals surface area contributed by atoms with Gasteiger partial charge in [-0.25, -0.2) is 4.79 Å². The predicted octanol–water partition coefficient (Wildman–Crippen LogP) is 3.95. The number of hydrogen-bond donors (Lipinski definition) is 1. The Morgan fingerprint density at radius 2 is 1.83 bits per heavy atom. The first-order valence-corrected chi connectivity index (χ1v) is 10.3. The summed E-state index contributed by atoms with van der Waals surface area (Å²) in [5, 5.41) is 2.96. The lowest BCUT2D eigenvalue weighted by molar-refractivity contribution is -0.137. The van der Waals surface area contributed by atoms with Crippen LogP contribution >= 0.6 is 0 Å². The monoisotopic (exact) mass is 409 g/mol. The van der Waals surface area contributed by atoms with Gasteiger partial charge < -0.3 is 15.1 Å². The number of nitrogens with one attached hydrogen (secondary N) is 1. The molecule has 2 atom stereocenters. The number of piperidine rings is 1. The van der Waals surface area contributed by atoms with Gasteiger partial charge in [0.2, 0.25) is 5.91 Å². The lowest BCUT2D eigenvalue weighted by Gasteiger charge is -2.36. The van der Waals surface area contributed by atoms with Gasteiger partial charge in [-0.05, 0) is 49.8 Å². The molecular weight excluding hydrogens is 383 g/mol. The van der Waals surface area contributed by atoms with Crippen LogP contribution in [-0.4, -0.2) is 47.4 Å². The molecule has 1 aromatic rings. The molecule has 158 valence electrons. The van der Waals surface area contributed by atoms with Gasteiger partial charge in [0.15, 0.2) is 0 Å². The molecule has 2 saturated heterocycles. The molecule has 4 rings (SSSR count). The van der Waals surface area contributed by atoms with Crippen LogP contribution in [0.2, 0.25) is 0 Å². The number of likely N-dealkylation sites (tertiary alicyclic amines) is 2. The van der Waals surface area contributed by atoms with E-state index in [0.717, 1.165) is 49.8 Å². The van der Waals surface area contributed by atoms with Crippen LogP contribution in [-0.2, 0) is 11.0 Å². The van der Waals surface area contributed by atoms with Crippen LogP contribution < -0.4 is 5.32 Å². The standard InChI is InChI=1S/C21H26F3N3O2/c22-21(23,24)16-6-4-15(5-7-16)18-3-1-2-10-26(18)20(29)25-12-14-11-19(28)27(13-14)17-8-9-17/h4-7,14,17-18H,1-3,8-13H2,(H,25,29). The van der Waals surface area contributed by atoms with Crippen LogP contribution in [0.1, 0.15) is 55.7 Å². The molecule has 2 heterocycles. The summed E-state index contributed by atoms with van der Waals surface area (Å²) < 4.78 is 38.5. The molecule has 1 aromatic carbocycles. The molecule has 2 aliphatic heterocycles. The van der Waals surface area contributed by atoms with Gasteiger partial charge in [-0.15, -0.1) is 0 Å². The van der Waals surface area contributed by atoms with Crippen LogP contribution in [0.15, 0.2) is 24.3 Å². The number of amides is 3. The van der Waals surface area contributed by atoms with Crippen molar-refractivity contribution in [2.45, 2.75) is 56.8 Å². The molecule has 2 unspecified atom stereocenters. The molecule has 29 heavy (non-hydrogen) atoms. The van der Waals surface area contributed by atoms with Crippen LogP contribution in [0.5, 0.6) is 0 Å². The molecule has 3 amide bonds. The minimum Gasteiger partial charge on any atom is -0.339 e. The van der Waals surface area contributed by atoms with Gasteiger partial charge in [-0.1, -0.05) is 12.1 Å². The predicted molar refractivity (Wildman–Crippen MR) is 101 cm³/mol. The van der Waals surface area contributed by atoms with Crippen molar-refractivity contribution >= 4 is 11.9 Å². The van der Waals surface area contributed by atoms with Crippen molar-refractivity contribution in [3.05, 3.63) is 35.4 Å². The van der Waals surface area contributed by atoms with Crippen molar-refractivity contribution in [2.75, 3.05) is 19.6 Å². The van der Waals surface area contributed by atoms with Crippen LogP contribution in [0.25, 0.3) is 0 Å². The van der Waals surface area contributed by atoms with E-state index < -0.39 is 11.7 Å². The van der Waals surface area contributed by atoms with E-state index in [1.165, 1.54) is 12.1 Å². The molecule has 1 N–H and O–H groups in total. The number of nitrogens with zero attached hydrogens (tertiary/aromatic N) is 2. The van der Waals surface area contributed by atoms with Crippen LogP contribution in [0, 0.1) is 5.92 Å². The highest BCUT2D eigenvalue weighted by atomic mass is 19.4. The minimum absolute atomic E-state index is 0.126. The average Bonchev–Trinajstić information content (AvgIpc) is 3.48. The fourth-order valence-electron chi connectivity index (χ4n) is 4.43. The van der Waals surface area contributed by atoms with Gasteiger partial charge in [0.05, 0.1) is 11.6 Å². The number of hydrogen-bond acceptors (Lipinski definition) is 2. The maximum absolute atomic E-state index is 12.8. The van der Waals surface area contributed by atoms with Crippen molar-refractivity contribution in [1.82, 2.24) is 15.1 Å². The highest BCUT2D eigenvalue weighted by molar-refractivity contribution is 5.80. The van der Waals surface area contributed by atoms with Gasteiger partial charge in [-0.3, -0.25) is 4.79 Å². The van der Waals surface area contributed by atoms with E-state index in [-0.39, 0.29) is 23.9 Å². The average molecular weight is 409 g/mol. The minimum atomic E-state index is -4.37. The van der Waals surface area contributed by atoms with E-state index in [4.69, 9.17) is 0 Å². The van der Waals surface area contributed by atoms with Gasteiger partial charge in [-0.2, -0.15) is 13.2 Å². The maximum Gasteiger partial charge on any atom is 0.416 e. The van der Waals surface area contributed by atoms with Crippen molar-refractivity contribution in [1.29, 1.82) is 0 Å². The number of alkyl halides is 3. The highest BCUT2D eigenvalue weighted by Crippen LogP contribution is 2.35. The molecule has 1 aliphatic carbocycles. The zero-order chi connectivity index (χ0) is 20.6. The summed E-state index contributed by atoms with van der Waals surface area (Å²) in [6.45, 7) is 1.73. The first kappa shape index (κ1) is 20.0. The SMILES string of the molecule is O=C1CC(CNC(=O)N2CCCCC2c2ccc(C(F)(F)F)cc2)CN1C1CC1. The van der Waals surface area contributed by atoms with Crippen molar-refractivity contribution < 1.29 is 22.8 Å². The normalized spacial score (nSPS) is 25.4. The number of urea groups is 1. The van der Waals surface area contributed by atoms with Gasteiger partial charge in [0.1, 0.15) is 0 Å². The number of halogens is 3. The van der Waals surface area contributed by atoms with E-state index in [0.29, 0.717) is 32.1 Å². The summed E-state index contributed by atoms with van der Waals surface area (Å²) in [6.07, 6.45) is 0.802. The fraction of sp³-hybridized carbons (Fsp3) is 0.619. The smallest absolute Gasteiger partial charge is 0.339 e. The Morgan fingerprint density at radius 3 is 2.48 bits per heavy atom. The van der Waals surface area contributed by atoms with E-state index in [1.54, 1.807) is 4.90 Å². The number of benzene rings is 1. The Morgan fingerprint density at radius 1 is 1.10 bits per heavy atom. The van der Waals surface area contributed by atoms with Crippen LogP contribution in [0.3, 0.4) is 0 Å². The summed E-state index contributed by atoms with van der Waals surface area (Å²) in [6, 6.07) is 5.08.